The van der Waals surface area contributed by atoms with E-state index in [2.05, 4.69) is 33.0 Å². The van der Waals surface area contributed by atoms with Gasteiger partial charge in [0.15, 0.2) is 0 Å². The molecule has 0 aliphatic rings. The SMILES string of the molecule is CC.CCCC.CCCC=O.CCCCCCCCCC.Cc1ccc(-c2cc(Cl)c(C)cc2F)cc1C.N#CCNC=O. The van der Waals surface area contributed by atoms with Gasteiger partial charge in [0.1, 0.15) is 18.6 Å². The van der Waals surface area contributed by atoms with Crippen LogP contribution in [-0.2, 0) is 9.59 Å². The molecular formula is C38H64ClFN2O2. The van der Waals surface area contributed by atoms with Crippen LogP contribution in [0.4, 0.5) is 4.39 Å². The molecule has 2 aromatic rings. The Morgan fingerprint density at radius 1 is 0.750 bits per heavy atom. The quantitative estimate of drug-likeness (QED) is 0.135. The molecule has 0 saturated carbocycles. The molecule has 1 N–H and O–H groups in total. The fourth-order valence-electron chi connectivity index (χ4n) is 3.19. The zero-order valence-electron chi connectivity index (χ0n) is 29.8. The van der Waals surface area contributed by atoms with E-state index in [0.29, 0.717) is 23.4 Å². The molecule has 0 bridgehead atoms. The highest BCUT2D eigenvalue weighted by molar-refractivity contribution is 6.31. The number of aldehydes is 1. The third-order valence-corrected chi connectivity index (χ3v) is 6.60. The van der Waals surface area contributed by atoms with E-state index in [1.807, 2.05) is 52.8 Å². The molecule has 4 nitrogen and oxygen atoms in total. The summed E-state index contributed by atoms with van der Waals surface area (Å²) < 4.78 is 13.9. The number of unbranched alkanes of at least 4 members (excludes halogenated alkanes) is 9. The van der Waals surface area contributed by atoms with Crippen LogP contribution in [-0.4, -0.2) is 19.2 Å². The summed E-state index contributed by atoms with van der Waals surface area (Å²) in [6.07, 6.45) is 17.2. The number of carbonyl (C=O) groups is 2. The molecule has 0 aliphatic carbocycles. The van der Waals surface area contributed by atoms with E-state index >= 15 is 0 Å². The van der Waals surface area contributed by atoms with Crippen molar-refractivity contribution in [2.75, 3.05) is 6.54 Å². The zero-order chi connectivity index (χ0) is 34.6. The summed E-state index contributed by atoms with van der Waals surface area (Å²) in [5.74, 6) is -0.227. The van der Waals surface area contributed by atoms with Gasteiger partial charge < -0.3 is 10.1 Å². The number of hydrogen-bond acceptors (Lipinski definition) is 3. The number of hydrogen-bond donors (Lipinski definition) is 1. The van der Waals surface area contributed by atoms with Crippen LogP contribution in [0.1, 0.15) is 142 Å². The van der Waals surface area contributed by atoms with Crippen molar-refractivity contribution in [3.63, 3.8) is 0 Å². The van der Waals surface area contributed by atoms with Crippen molar-refractivity contribution in [1.29, 1.82) is 5.26 Å². The summed E-state index contributed by atoms with van der Waals surface area (Å²) in [7, 11) is 0. The minimum Gasteiger partial charge on any atom is -0.346 e. The molecule has 0 unspecified atom stereocenters. The molecule has 0 fully saturated rings. The van der Waals surface area contributed by atoms with Gasteiger partial charge in [-0.2, -0.15) is 5.26 Å². The molecular weight excluding hydrogens is 571 g/mol. The highest BCUT2D eigenvalue weighted by Crippen LogP contribution is 2.29. The van der Waals surface area contributed by atoms with E-state index in [4.69, 9.17) is 16.9 Å². The molecule has 0 aliphatic heterocycles. The maximum atomic E-state index is 13.9. The summed E-state index contributed by atoms with van der Waals surface area (Å²) in [6.45, 7) is 20.8. The summed E-state index contributed by atoms with van der Waals surface area (Å²) in [5.41, 5.74) is 4.54. The number of nitrogens with zero attached hydrogens (tertiary/aromatic N) is 1. The highest BCUT2D eigenvalue weighted by Gasteiger charge is 2.09. The smallest absolute Gasteiger partial charge is 0.207 e. The Hall–Kier alpha value is -2.71. The molecule has 0 aromatic heterocycles. The maximum absolute atomic E-state index is 13.9. The second-order valence-corrected chi connectivity index (χ2v) is 10.5. The minimum absolute atomic E-state index is 0.101. The van der Waals surface area contributed by atoms with Crippen molar-refractivity contribution >= 4 is 24.3 Å². The average Bonchev–Trinajstić information content (AvgIpc) is 3.03. The number of carbonyl (C=O) groups excluding carboxylic acids is 2. The molecule has 0 saturated heterocycles. The first-order chi connectivity index (χ1) is 21.1. The summed E-state index contributed by atoms with van der Waals surface area (Å²) in [4.78, 5) is 18.7. The Morgan fingerprint density at radius 2 is 1.27 bits per heavy atom. The fraction of sp³-hybridized carbons (Fsp3) is 0.605. The number of aryl methyl sites for hydroxylation is 3. The lowest BCUT2D eigenvalue weighted by molar-refractivity contribution is -0.109. The molecule has 0 heterocycles. The lowest BCUT2D eigenvalue weighted by Gasteiger charge is -2.08. The van der Waals surface area contributed by atoms with Crippen molar-refractivity contribution in [3.8, 4) is 17.2 Å². The number of benzene rings is 2. The van der Waals surface area contributed by atoms with Crippen LogP contribution >= 0.6 is 11.6 Å². The van der Waals surface area contributed by atoms with Gasteiger partial charge >= 0.3 is 0 Å². The van der Waals surface area contributed by atoms with Crippen molar-refractivity contribution in [2.45, 2.75) is 146 Å². The van der Waals surface area contributed by atoms with Crippen LogP contribution in [0.5, 0.6) is 0 Å². The molecule has 2 rings (SSSR count). The highest BCUT2D eigenvalue weighted by atomic mass is 35.5. The van der Waals surface area contributed by atoms with Gasteiger partial charge in [0, 0.05) is 17.0 Å². The van der Waals surface area contributed by atoms with Crippen molar-refractivity contribution < 1.29 is 14.0 Å². The predicted octanol–water partition coefficient (Wildman–Crippen LogP) is 12.3. The molecule has 0 spiro atoms. The van der Waals surface area contributed by atoms with Gasteiger partial charge in [-0.05, 0) is 61.6 Å². The monoisotopic (exact) mass is 634 g/mol. The van der Waals surface area contributed by atoms with E-state index in [1.54, 1.807) is 19.1 Å². The summed E-state index contributed by atoms with van der Waals surface area (Å²) in [5, 5.41) is 10.5. The van der Waals surface area contributed by atoms with Gasteiger partial charge in [-0.15, -0.1) is 0 Å². The second kappa shape index (κ2) is 38.3. The van der Waals surface area contributed by atoms with Gasteiger partial charge in [0.05, 0.1) is 6.07 Å². The number of halogens is 2. The van der Waals surface area contributed by atoms with Crippen LogP contribution in [0.2, 0.25) is 5.02 Å². The number of nitrogens with one attached hydrogen (secondary N) is 1. The number of nitriles is 1. The van der Waals surface area contributed by atoms with Gasteiger partial charge in [-0.25, -0.2) is 4.39 Å². The van der Waals surface area contributed by atoms with Crippen molar-refractivity contribution in [2.24, 2.45) is 0 Å². The molecule has 252 valence electrons. The lowest BCUT2D eigenvalue weighted by atomic mass is 9.99. The van der Waals surface area contributed by atoms with Gasteiger partial charge in [-0.3, -0.25) is 4.79 Å². The summed E-state index contributed by atoms with van der Waals surface area (Å²) in [6, 6.07) is 10.8. The van der Waals surface area contributed by atoms with Crippen LogP contribution < -0.4 is 5.32 Å². The Morgan fingerprint density at radius 3 is 1.61 bits per heavy atom. The molecule has 0 radical (unpaired) electrons. The Kier molecular flexibility index (Phi) is 42.0. The average molecular weight is 635 g/mol. The van der Waals surface area contributed by atoms with Crippen LogP contribution in [0.25, 0.3) is 11.1 Å². The molecule has 44 heavy (non-hydrogen) atoms. The third-order valence-electron chi connectivity index (χ3n) is 6.19. The van der Waals surface area contributed by atoms with E-state index < -0.39 is 0 Å². The molecule has 6 heteroatoms. The van der Waals surface area contributed by atoms with E-state index in [-0.39, 0.29) is 12.4 Å². The summed E-state index contributed by atoms with van der Waals surface area (Å²) >= 11 is 6.04. The van der Waals surface area contributed by atoms with Crippen molar-refractivity contribution in [1.82, 2.24) is 5.32 Å². The Labute approximate surface area is 276 Å². The third kappa shape index (κ3) is 30.7. The zero-order valence-corrected chi connectivity index (χ0v) is 30.5. The molecule has 1 amide bonds. The standard InChI is InChI=1S/C15H14ClF.C10H22.C4H8O.C4H10.C3H4N2O.C2H6/c1-9-4-5-12(6-10(9)2)13-8-14(16)11(3)7-15(13)17;1-3-5-7-9-10-8-6-4-2;1-2-3-4-5;1-3-4-2;4-1-2-5-3-6;1-2/h4-8H,1-3H3;3-10H2,1-2H3;4H,2-3H2,1H3;3-4H2,1-2H3;3H,2H2,(H,5,6);1-2H3. The van der Waals surface area contributed by atoms with Gasteiger partial charge in [0.25, 0.3) is 0 Å². The first-order valence-corrected chi connectivity index (χ1v) is 17.0. The van der Waals surface area contributed by atoms with E-state index in [0.717, 1.165) is 29.4 Å². The molecule has 2 aromatic carbocycles. The van der Waals surface area contributed by atoms with E-state index in [1.165, 1.54) is 75.8 Å². The van der Waals surface area contributed by atoms with Crippen LogP contribution in [0.3, 0.4) is 0 Å². The van der Waals surface area contributed by atoms with Gasteiger partial charge in [-0.1, -0.05) is 142 Å². The van der Waals surface area contributed by atoms with Gasteiger partial charge in [0.2, 0.25) is 6.41 Å². The first-order valence-electron chi connectivity index (χ1n) is 16.7. The first kappa shape index (κ1) is 48.2. The number of rotatable bonds is 13. The van der Waals surface area contributed by atoms with E-state index in [9.17, 15) is 14.0 Å². The van der Waals surface area contributed by atoms with Crippen LogP contribution in [0, 0.1) is 37.9 Å². The Bertz CT molecular complexity index is 964. The predicted molar refractivity (Wildman–Crippen MR) is 192 cm³/mol. The topological polar surface area (TPSA) is 70.0 Å². The Balaban J connectivity index is -0.000000253. The lowest BCUT2D eigenvalue weighted by Crippen LogP contribution is -2.09. The second-order valence-electron chi connectivity index (χ2n) is 10.1. The fourth-order valence-corrected chi connectivity index (χ4v) is 3.35. The largest absolute Gasteiger partial charge is 0.346 e. The minimum atomic E-state index is -0.227. The van der Waals surface area contributed by atoms with Crippen molar-refractivity contribution in [3.05, 3.63) is 57.9 Å². The maximum Gasteiger partial charge on any atom is 0.207 e. The molecule has 0 atom stereocenters. The van der Waals surface area contributed by atoms with Crippen LogP contribution in [0.15, 0.2) is 30.3 Å². The number of amides is 1. The normalized spacial score (nSPS) is 8.89.